The lowest BCUT2D eigenvalue weighted by molar-refractivity contribution is 0.457. The van der Waals surface area contributed by atoms with Gasteiger partial charge in [-0.05, 0) is 37.1 Å². The van der Waals surface area contributed by atoms with E-state index in [-0.39, 0.29) is 11.4 Å². The standard InChI is InChI=1S/C13H19N5O2S/c1-9-6-12(5-4-11(9)7-14)21(19,20)18(3)8-13-15-10(2)16-17-13/h4-6H,7-8,14H2,1-3H3,(H,15,16,17). The van der Waals surface area contributed by atoms with E-state index < -0.39 is 10.0 Å². The summed E-state index contributed by atoms with van der Waals surface area (Å²) in [6.45, 7) is 4.11. The molecule has 0 aliphatic rings. The van der Waals surface area contributed by atoms with E-state index in [1.807, 2.05) is 6.92 Å². The highest BCUT2D eigenvalue weighted by molar-refractivity contribution is 7.89. The normalized spacial score (nSPS) is 12.0. The van der Waals surface area contributed by atoms with Crippen LogP contribution in [0.25, 0.3) is 0 Å². The van der Waals surface area contributed by atoms with Crippen LogP contribution in [0.15, 0.2) is 23.1 Å². The average Bonchev–Trinajstić information content (AvgIpc) is 2.83. The molecule has 0 aliphatic heterocycles. The van der Waals surface area contributed by atoms with Crippen LogP contribution in [0.1, 0.15) is 22.8 Å². The molecule has 1 aromatic heterocycles. The number of hydrogen-bond acceptors (Lipinski definition) is 5. The fourth-order valence-electron chi connectivity index (χ4n) is 1.98. The first-order valence-electron chi connectivity index (χ1n) is 6.48. The van der Waals surface area contributed by atoms with Crippen LogP contribution in [0, 0.1) is 13.8 Å². The zero-order valence-corrected chi connectivity index (χ0v) is 13.1. The summed E-state index contributed by atoms with van der Waals surface area (Å²) in [4.78, 5) is 4.36. The molecule has 0 fully saturated rings. The summed E-state index contributed by atoms with van der Waals surface area (Å²) < 4.78 is 26.3. The minimum atomic E-state index is -3.58. The first-order chi connectivity index (χ1) is 9.84. The van der Waals surface area contributed by atoms with Crippen molar-refractivity contribution in [2.75, 3.05) is 7.05 Å². The van der Waals surface area contributed by atoms with Crippen molar-refractivity contribution < 1.29 is 8.42 Å². The summed E-state index contributed by atoms with van der Waals surface area (Å²) in [5.41, 5.74) is 7.39. The van der Waals surface area contributed by atoms with Crippen LogP contribution < -0.4 is 5.73 Å². The number of nitrogens with zero attached hydrogens (tertiary/aromatic N) is 3. The predicted octanol–water partition coefficient (Wildman–Crippen LogP) is 0.701. The Morgan fingerprint density at radius 1 is 1.33 bits per heavy atom. The first kappa shape index (κ1) is 15.6. The second kappa shape index (κ2) is 5.92. The maximum Gasteiger partial charge on any atom is 0.243 e. The van der Waals surface area contributed by atoms with Gasteiger partial charge in [0.25, 0.3) is 0 Å². The molecular weight excluding hydrogens is 290 g/mol. The van der Waals surface area contributed by atoms with E-state index in [1.54, 1.807) is 25.1 Å². The quantitative estimate of drug-likeness (QED) is 0.846. The summed E-state index contributed by atoms with van der Waals surface area (Å²) in [6, 6.07) is 4.95. The molecule has 114 valence electrons. The highest BCUT2D eigenvalue weighted by Crippen LogP contribution is 2.19. The van der Waals surface area contributed by atoms with Gasteiger partial charge in [-0.15, -0.1) is 0 Å². The third kappa shape index (κ3) is 3.29. The predicted molar refractivity (Wildman–Crippen MR) is 78.8 cm³/mol. The second-order valence-electron chi connectivity index (χ2n) is 4.89. The summed E-state index contributed by atoms with van der Waals surface area (Å²) in [5, 5.41) is 6.64. The Kier molecular flexibility index (Phi) is 4.40. The van der Waals surface area contributed by atoms with Gasteiger partial charge in [0.1, 0.15) is 5.82 Å². The van der Waals surface area contributed by atoms with Crippen molar-refractivity contribution in [1.29, 1.82) is 0 Å². The molecule has 0 saturated heterocycles. The summed E-state index contributed by atoms with van der Waals surface area (Å²) >= 11 is 0. The van der Waals surface area contributed by atoms with Crippen LogP contribution in [-0.4, -0.2) is 35.0 Å². The van der Waals surface area contributed by atoms with Gasteiger partial charge >= 0.3 is 0 Å². The number of nitrogens with one attached hydrogen (secondary N) is 1. The Morgan fingerprint density at radius 3 is 2.57 bits per heavy atom. The molecule has 1 aromatic carbocycles. The number of aromatic nitrogens is 3. The van der Waals surface area contributed by atoms with E-state index in [0.717, 1.165) is 11.1 Å². The largest absolute Gasteiger partial charge is 0.326 e. The number of H-pyrrole nitrogens is 1. The number of rotatable bonds is 5. The molecule has 0 saturated carbocycles. The van der Waals surface area contributed by atoms with Crippen LogP contribution in [-0.2, 0) is 23.1 Å². The molecule has 3 N–H and O–H groups in total. The number of sulfonamides is 1. The SMILES string of the molecule is Cc1nc(CN(C)S(=O)(=O)c2ccc(CN)c(C)c2)n[nH]1. The topological polar surface area (TPSA) is 105 Å². The lowest BCUT2D eigenvalue weighted by Crippen LogP contribution is -2.27. The van der Waals surface area contributed by atoms with Gasteiger partial charge < -0.3 is 5.73 Å². The Labute approximate surface area is 124 Å². The molecule has 0 radical (unpaired) electrons. The molecule has 8 heteroatoms. The second-order valence-corrected chi connectivity index (χ2v) is 6.94. The van der Waals surface area contributed by atoms with Crippen molar-refractivity contribution in [2.24, 2.45) is 5.73 Å². The number of aromatic amines is 1. The smallest absolute Gasteiger partial charge is 0.243 e. The minimum Gasteiger partial charge on any atom is -0.326 e. The van der Waals surface area contributed by atoms with E-state index in [1.165, 1.54) is 11.4 Å². The summed E-state index contributed by atoms with van der Waals surface area (Å²) in [7, 11) is -2.07. The average molecular weight is 309 g/mol. The third-order valence-corrected chi connectivity index (χ3v) is 5.05. The van der Waals surface area contributed by atoms with Gasteiger partial charge in [-0.1, -0.05) is 6.07 Å². The molecule has 2 aromatic rings. The van der Waals surface area contributed by atoms with E-state index in [4.69, 9.17) is 5.73 Å². The number of nitrogens with two attached hydrogens (primary N) is 1. The zero-order chi connectivity index (χ0) is 15.6. The van der Waals surface area contributed by atoms with Crippen LogP contribution >= 0.6 is 0 Å². The fourth-order valence-corrected chi connectivity index (χ4v) is 3.19. The molecule has 2 rings (SSSR count). The Balaban J connectivity index is 2.26. The van der Waals surface area contributed by atoms with E-state index in [2.05, 4.69) is 15.2 Å². The van der Waals surface area contributed by atoms with E-state index in [9.17, 15) is 8.42 Å². The third-order valence-electron chi connectivity index (χ3n) is 3.25. The molecule has 0 atom stereocenters. The van der Waals surface area contributed by atoms with Gasteiger partial charge in [-0.25, -0.2) is 13.4 Å². The maximum absolute atomic E-state index is 12.5. The molecule has 0 spiro atoms. The molecule has 0 unspecified atom stereocenters. The lowest BCUT2D eigenvalue weighted by Gasteiger charge is -2.16. The van der Waals surface area contributed by atoms with Crippen molar-refractivity contribution in [2.45, 2.75) is 31.8 Å². The summed E-state index contributed by atoms with van der Waals surface area (Å²) in [6.07, 6.45) is 0. The maximum atomic E-state index is 12.5. The number of hydrogen-bond donors (Lipinski definition) is 2. The van der Waals surface area contributed by atoms with Gasteiger partial charge in [0.05, 0.1) is 11.4 Å². The van der Waals surface area contributed by atoms with E-state index in [0.29, 0.717) is 18.2 Å². The van der Waals surface area contributed by atoms with Crippen molar-refractivity contribution >= 4 is 10.0 Å². The first-order valence-corrected chi connectivity index (χ1v) is 7.92. The summed E-state index contributed by atoms with van der Waals surface area (Å²) in [5.74, 6) is 1.09. The zero-order valence-electron chi connectivity index (χ0n) is 12.3. The Morgan fingerprint density at radius 2 is 2.05 bits per heavy atom. The van der Waals surface area contributed by atoms with Gasteiger partial charge in [0.2, 0.25) is 10.0 Å². The monoisotopic (exact) mass is 309 g/mol. The molecular formula is C13H19N5O2S. The molecule has 0 aliphatic carbocycles. The fraction of sp³-hybridized carbons (Fsp3) is 0.385. The molecule has 0 bridgehead atoms. The molecule has 21 heavy (non-hydrogen) atoms. The van der Waals surface area contributed by atoms with Gasteiger partial charge in [-0.2, -0.15) is 9.40 Å². The van der Waals surface area contributed by atoms with Crippen LogP contribution in [0.3, 0.4) is 0 Å². The van der Waals surface area contributed by atoms with Crippen LogP contribution in [0.2, 0.25) is 0 Å². The van der Waals surface area contributed by atoms with Crippen LogP contribution in [0.5, 0.6) is 0 Å². The van der Waals surface area contributed by atoms with Gasteiger partial charge in [0.15, 0.2) is 5.82 Å². The minimum absolute atomic E-state index is 0.115. The van der Waals surface area contributed by atoms with E-state index >= 15 is 0 Å². The van der Waals surface area contributed by atoms with Gasteiger partial charge in [-0.3, -0.25) is 5.10 Å². The number of benzene rings is 1. The van der Waals surface area contributed by atoms with Crippen molar-refractivity contribution in [3.63, 3.8) is 0 Å². The Hall–Kier alpha value is -1.77. The van der Waals surface area contributed by atoms with Crippen molar-refractivity contribution in [1.82, 2.24) is 19.5 Å². The highest BCUT2D eigenvalue weighted by atomic mass is 32.2. The molecule has 7 nitrogen and oxygen atoms in total. The van der Waals surface area contributed by atoms with Gasteiger partial charge in [0, 0.05) is 13.6 Å². The Bertz CT molecular complexity index is 739. The number of aryl methyl sites for hydroxylation is 2. The molecule has 0 amide bonds. The molecule has 1 heterocycles. The highest BCUT2D eigenvalue weighted by Gasteiger charge is 2.22. The van der Waals surface area contributed by atoms with Crippen molar-refractivity contribution in [3.8, 4) is 0 Å². The van der Waals surface area contributed by atoms with Crippen LogP contribution in [0.4, 0.5) is 0 Å². The van der Waals surface area contributed by atoms with Crippen molar-refractivity contribution in [3.05, 3.63) is 41.0 Å². The lowest BCUT2D eigenvalue weighted by atomic mass is 10.1.